The van der Waals surface area contributed by atoms with E-state index >= 15 is 0 Å². The second-order valence-electron chi connectivity index (χ2n) is 3.62. The Morgan fingerprint density at radius 3 is 2.18 bits per heavy atom. The molecule has 0 unspecified atom stereocenters. The molecule has 17 heavy (non-hydrogen) atoms. The molecular formula is C10H10N2O4S. The molecule has 7 heteroatoms. The highest BCUT2D eigenvalue weighted by Crippen LogP contribution is 2.32. The van der Waals surface area contributed by atoms with E-state index in [0.29, 0.717) is 10.8 Å². The van der Waals surface area contributed by atoms with Crippen LogP contribution in [0.5, 0.6) is 5.75 Å². The minimum Gasteiger partial charge on any atom is -0.507 e. The van der Waals surface area contributed by atoms with Crippen LogP contribution in [0.25, 0.3) is 10.8 Å². The molecule has 90 valence electrons. The SMILES string of the molecule is Nc1cc2cc(S(=O)(=O)O)cc(O)c2cc1N. The molecule has 2 aromatic rings. The van der Waals surface area contributed by atoms with Crippen molar-refractivity contribution in [1.29, 1.82) is 0 Å². The van der Waals surface area contributed by atoms with Crippen molar-refractivity contribution in [2.75, 3.05) is 11.5 Å². The summed E-state index contributed by atoms with van der Waals surface area (Å²) in [5.41, 5.74) is 11.7. The first-order chi connectivity index (χ1) is 7.79. The van der Waals surface area contributed by atoms with Crippen LogP contribution in [0.2, 0.25) is 0 Å². The van der Waals surface area contributed by atoms with Gasteiger partial charge in [-0.1, -0.05) is 0 Å². The van der Waals surface area contributed by atoms with Crippen LogP contribution < -0.4 is 11.5 Å². The highest BCUT2D eigenvalue weighted by atomic mass is 32.2. The quantitative estimate of drug-likeness (QED) is 0.443. The van der Waals surface area contributed by atoms with E-state index in [1.165, 1.54) is 18.2 Å². The van der Waals surface area contributed by atoms with Crippen molar-refractivity contribution in [2.45, 2.75) is 4.90 Å². The number of nitrogen functional groups attached to an aromatic ring is 2. The van der Waals surface area contributed by atoms with Gasteiger partial charge in [0.2, 0.25) is 0 Å². The summed E-state index contributed by atoms with van der Waals surface area (Å²) in [5.74, 6) is -0.290. The molecule has 0 saturated heterocycles. The number of fused-ring (bicyclic) bond motifs is 1. The van der Waals surface area contributed by atoms with Crippen LogP contribution in [-0.2, 0) is 10.1 Å². The van der Waals surface area contributed by atoms with Gasteiger partial charge in [0, 0.05) is 11.5 Å². The smallest absolute Gasteiger partial charge is 0.294 e. The van der Waals surface area contributed by atoms with Gasteiger partial charge in [-0.2, -0.15) is 8.42 Å². The third-order valence-corrected chi connectivity index (χ3v) is 3.24. The van der Waals surface area contributed by atoms with E-state index < -0.39 is 15.0 Å². The molecule has 0 aromatic heterocycles. The van der Waals surface area contributed by atoms with Crippen LogP contribution in [0, 0.1) is 0 Å². The number of nitrogens with two attached hydrogens (primary N) is 2. The standard InChI is InChI=1S/C10H10N2O4S/c11-8-2-5-1-6(17(14,15)16)3-10(13)7(5)4-9(8)12/h1-4,13H,11-12H2,(H,14,15,16). The maximum atomic E-state index is 11.0. The maximum Gasteiger partial charge on any atom is 0.294 e. The van der Waals surface area contributed by atoms with Gasteiger partial charge in [-0.25, -0.2) is 0 Å². The first kappa shape index (κ1) is 11.5. The highest BCUT2D eigenvalue weighted by molar-refractivity contribution is 7.85. The number of rotatable bonds is 1. The van der Waals surface area contributed by atoms with E-state index in [-0.39, 0.29) is 17.1 Å². The van der Waals surface area contributed by atoms with E-state index in [1.807, 2.05) is 0 Å². The predicted octanol–water partition coefficient (Wildman–Crippen LogP) is 0.956. The van der Waals surface area contributed by atoms with Crippen molar-refractivity contribution in [3.8, 4) is 5.75 Å². The third kappa shape index (κ3) is 1.97. The Balaban J connectivity index is 2.87. The summed E-state index contributed by atoms with van der Waals surface area (Å²) in [6.07, 6.45) is 0. The number of benzene rings is 2. The molecule has 0 saturated carbocycles. The third-order valence-electron chi connectivity index (χ3n) is 2.41. The molecular weight excluding hydrogens is 244 g/mol. The van der Waals surface area contributed by atoms with Gasteiger partial charge in [-0.05, 0) is 23.6 Å². The van der Waals surface area contributed by atoms with Crippen molar-refractivity contribution in [3.63, 3.8) is 0 Å². The zero-order chi connectivity index (χ0) is 12.8. The van der Waals surface area contributed by atoms with Crippen molar-refractivity contribution >= 4 is 32.3 Å². The van der Waals surface area contributed by atoms with Crippen molar-refractivity contribution in [2.24, 2.45) is 0 Å². The van der Waals surface area contributed by atoms with Gasteiger partial charge in [0.15, 0.2) is 0 Å². The minimum absolute atomic E-state index is 0.268. The lowest BCUT2D eigenvalue weighted by molar-refractivity contribution is 0.471. The zero-order valence-electron chi connectivity index (χ0n) is 8.58. The van der Waals surface area contributed by atoms with Crippen LogP contribution in [0.3, 0.4) is 0 Å². The second-order valence-corrected chi connectivity index (χ2v) is 5.04. The molecule has 6 nitrogen and oxygen atoms in total. The first-order valence-electron chi connectivity index (χ1n) is 4.58. The number of hydrogen-bond donors (Lipinski definition) is 4. The number of phenols is 1. The average molecular weight is 254 g/mol. The molecule has 0 aliphatic heterocycles. The Hall–Kier alpha value is -1.99. The Morgan fingerprint density at radius 1 is 1.00 bits per heavy atom. The van der Waals surface area contributed by atoms with E-state index in [9.17, 15) is 13.5 Å². The molecule has 0 aliphatic rings. The van der Waals surface area contributed by atoms with Crippen LogP contribution in [-0.4, -0.2) is 18.1 Å². The largest absolute Gasteiger partial charge is 0.507 e. The number of anilines is 2. The molecule has 2 aromatic carbocycles. The normalized spacial score (nSPS) is 11.8. The Morgan fingerprint density at radius 2 is 1.59 bits per heavy atom. The molecule has 0 heterocycles. The molecule has 0 radical (unpaired) electrons. The minimum atomic E-state index is -4.37. The summed E-state index contributed by atoms with van der Waals surface area (Å²) >= 11 is 0. The lowest BCUT2D eigenvalue weighted by atomic mass is 10.1. The summed E-state index contributed by atoms with van der Waals surface area (Å²) in [5, 5.41) is 10.4. The van der Waals surface area contributed by atoms with Crippen molar-refractivity contribution in [3.05, 3.63) is 24.3 Å². The van der Waals surface area contributed by atoms with E-state index in [4.69, 9.17) is 16.0 Å². The van der Waals surface area contributed by atoms with E-state index in [0.717, 1.165) is 6.07 Å². The fourth-order valence-electron chi connectivity index (χ4n) is 1.55. The van der Waals surface area contributed by atoms with E-state index in [1.54, 1.807) is 0 Å². The lowest BCUT2D eigenvalue weighted by Gasteiger charge is -2.07. The summed E-state index contributed by atoms with van der Waals surface area (Å²) < 4.78 is 30.8. The highest BCUT2D eigenvalue weighted by Gasteiger charge is 2.14. The van der Waals surface area contributed by atoms with E-state index in [2.05, 4.69) is 0 Å². The second kappa shape index (κ2) is 3.51. The van der Waals surface area contributed by atoms with Crippen LogP contribution in [0.15, 0.2) is 29.2 Å². The number of aromatic hydroxyl groups is 1. The van der Waals surface area contributed by atoms with Gasteiger partial charge in [0.25, 0.3) is 10.1 Å². The van der Waals surface area contributed by atoms with Gasteiger partial charge < -0.3 is 16.6 Å². The topological polar surface area (TPSA) is 127 Å². The molecule has 6 N–H and O–H groups in total. The van der Waals surface area contributed by atoms with Crippen LogP contribution >= 0.6 is 0 Å². The molecule has 0 atom stereocenters. The molecule has 0 bridgehead atoms. The predicted molar refractivity (Wildman–Crippen MR) is 64.3 cm³/mol. The summed E-state index contributed by atoms with van der Waals surface area (Å²) in [7, 11) is -4.37. The summed E-state index contributed by atoms with van der Waals surface area (Å²) in [6, 6.07) is 5.03. The fourth-order valence-corrected chi connectivity index (χ4v) is 2.08. The molecule has 0 fully saturated rings. The Labute approximate surface area is 97.2 Å². The van der Waals surface area contributed by atoms with Crippen LogP contribution in [0.4, 0.5) is 11.4 Å². The summed E-state index contributed by atoms with van der Waals surface area (Å²) in [6.45, 7) is 0. The van der Waals surface area contributed by atoms with Gasteiger partial charge in [0.05, 0.1) is 16.3 Å². The van der Waals surface area contributed by atoms with Crippen molar-refractivity contribution < 1.29 is 18.1 Å². The first-order valence-corrected chi connectivity index (χ1v) is 6.02. The monoisotopic (exact) mass is 254 g/mol. The maximum absolute atomic E-state index is 11.0. The molecule has 0 amide bonds. The molecule has 0 spiro atoms. The fraction of sp³-hybridized carbons (Fsp3) is 0. The van der Waals surface area contributed by atoms with Crippen LogP contribution in [0.1, 0.15) is 0 Å². The molecule has 0 aliphatic carbocycles. The van der Waals surface area contributed by atoms with Gasteiger partial charge in [0.1, 0.15) is 5.75 Å². The number of hydrogen-bond acceptors (Lipinski definition) is 5. The van der Waals surface area contributed by atoms with Gasteiger partial charge in [-0.3, -0.25) is 4.55 Å². The lowest BCUT2D eigenvalue weighted by Crippen LogP contribution is -1.99. The zero-order valence-corrected chi connectivity index (χ0v) is 9.40. The molecule has 2 rings (SSSR count). The van der Waals surface area contributed by atoms with Gasteiger partial charge >= 0.3 is 0 Å². The average Bonchev–Trinajstić information content (AvgIpc) is 2.19. The Kier molecular flexibility index (Phi) is 2.37. The number of phenolic OH excluding ortho intramolecular Hbond substituents is 1. The summed E-state index contributed by atoms with van der Waals surface area (Å²) in [4.78, 5) is -0.397. The van der Waals surface area contributed by atoms with Crippen molar-refractivity contribution in [1.82, 2.24) is 0 Å². The van der Waals surface area contributed by atoms with Gasteiger partial charge in [-0.15, -0.1) is 0 Å². The Bertz CT molecular complexity index is 710.